The van der Waals surface area contributed by atoms with Gasteiger partial charge in [-0.1, -0.05) is 12.1 Å². The van der Waals surface area contributed by atoms with E-state index in [0.29, 0.717) is 5.69 Å². The van der Waals surface area contributed by atoms with Gasteiger partial charge in [0.1, 0.15) is 0 Å². The van der Waals surface area contributed by atoms with Crippen LogP contribution in [-0.4, -0.2) is 19.3 Å². The fourth-order valence-electron chi connectivity index (χ4n) is 1.73. The van der Waals surface area contributed by atoms with Crippen molar-refractivity contribution < 1.29 is 14.3 Å². The Labute approximate surface area is 98.5 Å². The molecule has 5 nitrogen and oxygen atoms in total. The third-order valence-electron chi connectivity index (χ3n) is 2.81. The SMILES string of the molecule is COC(=O)Nc1cccc(C2(N=C=O)CC2)c1. The van der Waals surface area contributed by atoms with Gasteiger partial charge in [-0.2, -0.15) is 4.99 Å². The fourth-order valence-corrected chi connectivity index (χ4v) is 1.73. The van der Waals surface area contributed by atoms with Gasteiger partial charge in [-0.3, -0.25) is 5.32 Å². The molecule has 1 fully saturated rings. The smallest absolute Gasteiger partial charge is 0.411 e. The lowest BCUT2D eigenvalue weighted by molar-refractivity contribution is 0.187. The molecule has 1 aromatic rings. The van der Waals surface area contributed by atoms with Crippen molar-refractivity contribution in [1.29, 1.82) is 0 Å². The molecule has 17 heavy (non-hydrogen) atoms. The first kappa shape index (κ1) is 11.4. The first-order valence-corrected chi connectivity index (χ1v) is 5.25. The number of nitrogens with one attached hydrogen (secondary N) is 1. The second-order valence-electron chi connectivity index (χ2n) is 3.93. The van der Waals surface area contributed by atoms with Crippen LogP contribution in [0.1, 0.15) is 18.4 Å². The summed E-state index contributed by atoms with van der Waals surface area (Å²) in [7, 11) is 1.30. The number of carbonyl (C=O) groups excluding carboxylic acids is 2. The standard InChI is InChI=1S/C12H12N2O3/c1-17-11(16)14-10-4-2-3-9(7-10)12(5-6-12)13-8-15/h2-4,7H,5-6H2,1H3,(H,14,16). The highest BCUT2D eigenvalue weighted by Crippen LogP contribution is 2.49. The summed E-state index contributed by atoms with van der Waals surface area (Å²) in [4.78, 5) is 25.3. The van der Waals surface area contributed by atoms with Gasteiger partial charge in [0, 0.05) is 5.69 Å². The summed E-state index contributed by atoms with van der Waals surface area (Å²) in [6.45, 7) is 0. The Morgan fingerprint density at radius 3 is 2.88 bits per heavy atom. The Hall–Kier alpha value is -2.13. The Morgan fingerprint density at radius 1 is 1.53 bits per heavy atom. The average Bonchev–Trinajstić information content (AvgIpc) is 3.11. The van der Waals surface area contributed by atoms with Gasteiger partial charge >= 0.3 is 6.09 Å². The molecule has 1 aromatic carbocycles. The molecule has 0 atom stereocenters. The van der Waals surface area contributed by atoms with E-state index in [0.717, 1.165) is 18.4 Å². The van der Waals surface area contributed by atoms with E-state index in [1.54, 1.807) is 24.3 Å². The van der Waals surface area contributed by atoms with Gasteiger partial charge in [0.2, 0.25) is 6.08 Å². The highest BCUT2D eigenvalue weighted by molar-refractivity contribution is 5.84. The van der Waals surface area contributed by atoms with Crippen LogP contribution in [0, 0.1) is 0 Å². The molecule has 0 aromatic heterocycles. The topological polar surface area (TPSA) is 67.8 Å². The van der Waals surface area contributed by atoms with Crippen LogP contribution in [-0.2, 0) is 15.1 Å². The second-order valence-corrected chi connectivity index (χ2v) is 3.93. The molecule has 88 valence electrons. The first-order valence-electron chi connectivity index (χ1n) is 5.25. The maximum Gasteiger partial charge on any atom is 0.411 e. The maximum absolute atomic E-state index is 11.1. The molecule has 0 unspecified atom stereocenters. The van der Waals surface area contributed by atoms with Crippen molar-refractivity contribution in [2.75, 3.05) is 12.4 Å². The zero-order valence-electron chi connectivity index (χ0n) is 9.40. The number of aliphatic imine (C=N–C) groups is 1. The molecule has 1 aliphatic rings. The normalized spacial score (nSPS) is 15.6. The van der Waals surface area contributed by atoms with Crippen LogP contribution in [0.3, 0.4) is 0 Å². The zero-order valence-corrected chi connectivity index (χ0v) is 9.40. The number of benzene rings is 1. The number of isocyanates is 1. The molecule has 0 radical (unpaired) electrons. The molecule has 0 saturated heterocycles. The van der Waals surface area contributed by atoms with E-state index in [-0.39, 0.29) is 0 Å². The molecule has 1 amide bonds. The third kappa shape index (κ3) is 2.34. The Balaban J connectivity index is 2.23. The summed E-state index contributed by atoms with van der Waals surface area (Å²) in [5, 5.41) is 2.57. The number of nitrogens with zero attached hydrogens (tertiary/aromatic N) is 1. The number of methoxy groups -OCH3 is 1. The fraction of sp³-hybridized carbons (Fsp3) is 0.333. The summed E-state index contributed by atoms with van der Waals surface area (Å²) in [5.41, 5.74) is 1.12. The monoisotopic (exact) mass is 232 g/mol. The number of carbonyl (C=O) groups is 1. The third-order valence-corrected chi connectivity index (χ3v) is 2.81. The van der Waals surface area contributed by atoms with Crippen molar-refractivity contribution in [2.24, 2.45) is 4.99 Å². The molecule has 1 N–H and O–H groups in total. The van der Waals surface area contributed by atoms with Gasteiger partial charge in [-0.15, -0.1) is 0 Å². The van der Waals surface area contributed by atoms with Gasteiger partial charge in [0.15, 0.2) is 0 Å². The second kappa shape index (κ2) is 4.39. The number of anilines is 1. The van der Waals surface area contributed by atoms with Crippen LogP contribution >= 0.6 is 0 Å². The minimum Gasteiger partial charge on any atom is -0.453 e. The average molecular weight is 232 g/mol. The Morgan fingerprint density at radius 2 is 2.29 bits per heavy atom. The highest BCUT2D eigenvalue weighted by atomic mass is 16.5. The molecule has 0 aliphatic heterocycles. The van der Waals surface area contributed by atoms with E-state index >= 15 is 0 Å². The summed E-state index contributed by atoms with van der Waals surface area (Å²) in [5.74, 6) is 0. The molecule has 0 heterocycles. The minimum absolute atomic E-state index is 0.421. The van der Waals surface area contributed by atoms with Gasteiger partial charge < -0.3 is 4.74 Å². The van der Waals surface area contributed by atoms with Crippen LogP contribution in [0.2, 0.25) is 0 Å². The number of hydrogen-bond acceptors (Lipinski definition) is 4. The molecule has 5 heteroatoms. The number of amides is 1. The van der Waals surface area contributed by atoms with Crippen LogP contribution in [0.15, 0.2) is 29.3 Å². The Bertz CT molecular complexity index is 488. The van der Waals surface area contributed by atoms with Crippen molar-refractivity contribution in [3.63, 3.8) is 0 Å². The quantitative estimate of drug-likeness (QED) is 0.641. The Kier molecular flexibility index (Phi) is 2.93. The predicted octanol–water partition coefficient (Wildman–Crippen LogP) is 2.19. The summed E-state index contributed by atoms with van der Waals surface area (Å²) < 4.78 is 4.51. The molecule has 1 aliphatic carbocycles. The minimum atomic E-state index is -0.522. The molecule has 2 rings (SSSR count). The lowest BCUT2D eigenvalue weighted by atomic mass is 10.1. The van der Waals surface area contributed by atoms with Gasteiger partial charge in [-0.25, -0.2) is 9.59 Å². The first-order chi connectivity index (χ1) is 8.20. The lowest BCUT2D eigenvalue weighted by Gasteiger charge is -2.10. The highest BCUT2D eigenvalue weighted by Gasteiger charge is 2.44. The predicted molar refractivity (Wildman–Crippen MR) is 61.5 cm³/mol. The van der Waals surface area contributed by atoms with Crippen LogP contribution in [0.25, 0.3) is 0 Å². The number of ether oxygens (including phenoxy) is 1. The number of rotatable bonds is 3. The van der Waals surface area contributed by atoms with Gasteiger partial charge in [-0.05, 0) is 30.5 Å². The summed E-state index contributed by atoms with van der Waals surface area (Å²) in [6.07, 6.45) is 2.76. The van der Waals surface area contributed by atoms with Crippen molar-refractivity contribution in [3.05, 3.63) is 29.8 Å². The van der Waals surface area contributed by atoms with Gasteiger partial charge in [0.25, 0.3) is 0 Å². The molecular weight excluding hydrogens is 220 g/mol. The number of hydrogen-bond donors (Lipinski definition) is 1. The van der Waals surface area contributed by atoms with E-state index in [1.165, 1.54) is 7.11 Å². The summed E-state index contributed by atoms with van der Waals surface area (Å²) in [6, 6.07) is 7.24. The van der Waals surface area contributed by atoms with E-state index in [4.69, 9.17) is 0 Å². The van der Waals surface area contributed by atoms with E-state index < -0.39 is 11.6 Å². The van der Waals surface area contributed by atoms with Crippen molar-refractivity contribution >= 4 is 17.9 Å². The molecule has 0 bridgehead atoms. The summed E-state index contributed by atoms with van der Waals surface area (Å²) >= 11 is 0. The van der Waals surface area contributed by atoms with Gasteiger partial charge in [0.05, 0.1) is 12.6 Å². The van der Waals surface area contributed by atoms with Crippen LogP contribution < -0.4 is 5.32 Å². The molecule has 1 saturated carbocycles. The van der Waals surface area contributed by atoms with Crippen molar-refractivity contribution in [1.82, 2.24) is 0 Å². The van der Waals surface area contributed by atoms with Crippen LogP contribution in [0.5, 0.6) is 0 Å². The zero-order chi connectivity index (χ0) is 12.3. The molecule has 0 spiro atoms. The largest absolute Gasteiger partial charge is 0.453 e. The van der Waals surface area contributed by atoms with Crippen molar-refractivity contribution in [3.8, 4) is 0 Å². The lowest BCUT2D eigenvalue weighted by Crippen LogP contribution is -2.11. The van der Waals surface area contributed by atoms with Crippen LogP contribution in [0.4, 0.5) is 10.5 Å². The van der Waals surface area contributed by atoms with E-state index in [9.17, 15) is 9.59 Å². The maximum atomic E-state index is 11.1. The van der Waals surface area contributed by atoms with Crippen molar-refractivity contribution in [2.45, 2.75) is 18.4 Å². The molecular formula is C12H12N2O3. The van der Waals surface area contributed by atoms with E-state index in [2.05, 4.69) is 15.0 Å². The van der Waals surface area contributed by atoms with E-state index in [1.807, 2.05) is 6.07 Å².